The largest absolute Gasteiger partial charge is 0.460 e. The molecule has 1 amide bonds. The molecular formula is C18H21NO4. The molecule has 0 aromatic heterocycles. The molecule has 0 bridgehead atoms. The summed E-state index contributed by atoms with van der Waals surface area (Å²) in [5.41, 5.74) is 0.680. The lowest BCUT2D eigenvalue weighted by Gasteiger charge is -2.21. The minimum absolute atomic E-state index is 0.0301. The lowest BCUT2D eigenvalue weighted by molar-refractivity contribution is -0.145. The summed E-state index contributed by atoms with van der Waals surface area (Å²) < 4.78 is 10.9. The molecule has 5 atom stereocenters. The van der Waals surface area contributed by atoms with Crippen molar-refractivity contribution >= 4 is 12.1 Å². The van der Waals surface area contributed by atoms with E-state index >= 15 is 0 Å². The molecule has 2 saturated heterocycles. The lowest BCUT2D eigenvalue weighted by atomic mass is 10.0. The summed E-state index contributed by atoms with van der Waals surface area (Å²) in [7, 11) is 0. The molecule has 2 heterocycles. The molecule has 3 aliphatic rings. The van der Waals surface area contributed by atoms with E-state index in [2.05, 4.69) is 12.1 Å². The maximum absolute atomic E-state index is 12.1. The molecule has 4 rings (SSSR count). The number of rotatable bonds is 2. The Kier molecular flexibility index (Phi) is 2.99. The van der Waals surface area contributed by atoms with E-state index in [1.54, 1.807) is 4.90 Å². The Morgan fingerprint density at radius 2 is 1.91 bits per heavy atom. The number of ether oxygens (including phenoxy) is 2. The van der Waals surface area contributed by atoms with Crippen molar-refractivity contribution in [2.45, 2.75) is 44.4 Å². The van der Waals surface area contributed by atoms with Crippen LogP contribution in [0.5, 0.6) is 0 Å². The minimum atomic E-state index is -0.509. The smallest absolute Gasteiger partial charge is 0.410 e. The number of hydrogen-bond donors (Lipinski definition) is 0. The number of benzene rings is 1. The van der Waals surface area contributed by atoms with E-state index < -0.39 is 5.60 Å². The molecule has 0 N–H and O–H groups in total. The summed E-state index contributed by atoms with van der Waals surface area (Å²) in [6.45, 7) is 6.15. The fourth-order valence-corrected chi connectivity index (χ4v) is 3.74. The van der Waals surface area contributed by atoms with Crippen LogP contribution in [0.2, 0.25) is 0 Å². The van der Waals surface area contributed by atoms with Crippen molar-refractivity contribution in [2.75, 3.05) is 6.54 Å². The molecule has 1 aromatic carbocycles. The number of carbonyl (C=O) groups excluding carboxylic acids is 2. The highest BCUT2D eigenvalue weighted by molar-refractivity contribution is 5.82. The number of amides is 1. The summed E-state index contributed by atoms with van der Waals surface area (Å²) in [4.78, 5) is 25.9. The van der Waals surface area contributed by atoms with E-state index in [1.807, 2.05) is 39.0 Å². The van der Waals surface area contributed by atoms with Gasteiger partial charge in [-0.3, -0.25) is 9.69 Å². The quantitative estimate of drug-likeness (QED) is 0.622. The molecule has 5 nitrogen and oxygen atoms in total. The number of cyclic esters (lactones) is 1. The highest BCUT2D eigenvalue weighted by Crippen LogP contribution is 2.62. The molecule has 23 heavy (non-hydrogen) atoms. The first-order valence-corrected chi connectivity index (χ1v) is 8.12. The van der Waals surface area contributed by atoms with Gasteiger partial charge in [0.2, 0.25) is 0 Å². The summed E-state index contributed by atoms with van der Waals surface area (Å²) in [6.07, 6.45) is -0.510. The number of esters is 1. The average Bonchev–Trinajstić information content (AvgIpc) is 3.37. The Bertz CT molecular complexity index is 651. The van der Waals surface area contributed by atoms with E-state index in [0.29, 0.717) is 6.54 Å². The predicted molar refractivity (Wildman–Crippen MR) is 82.8 cm³/mol. The van der Waals surface area contributed by atoms with Crippen molar-refractivity contribution in [2.24, 2.45) is 11.8 Å². The van der Waals surface area contributed by atoms with E-state index in [0.717, 1.165) is 0 Å². The molecule has 0 unspecified atom stereocenters. The fraction of sp³-hybridized carbons (Fsp3) is 0.556. The Balaban J connectivity index is 1.44. The standard InChI is InChI=1S/C18H21NO4/c1-18(2,3)23-17(21)19-9-11(19)15-13-12(14(13)16(20)22-15)10-7-5-4-6-8-10/h4-8,11-15H,9H2,1-3H3/t11-,12+,13-,14+,15+,19?/m0/s1. The van der Waals surface area contributed by atoms with Crippen LogP contribution in [0, 0.1) is 11.8 Å². The Labute approximate surface area is 135 Å². The normalized spacial score (nSPS) is 34.7. The zero-order valence-corrected chi connectivity index (χ0v) is 13.6. The molecule has 3 fully saturated rings. The van der Waals surface area contributed by atoms with Gasteiger partial charge in [0.15, 0.2) is 0 Å². The molecule has 122 valence electrons. The van der Waals surface area contributed by atoms with Gasteiger partial charge in [0.05, 0.1) is 12.0 Å². The Hall–Kier alpha value is -2.04. The monoisotopic (exact) mass is 315 g/mol. The van der Waals surface area contributed by atoms with Gasteiger partial charge in [0.1, 0.15) is 11.7 Å². The summed E-state index contributed by atoms with van der Waals surface area (Å²) in [5, 5.41) is 0. The molecule has 0 radical (unpaired) electrons. The lowest BCUT2D eigenvalue weighted by Crippen LogP contribution is -2.31. The SMILES string of the molecule is CC(C)(C)OC(=O)N1C[C@H]1[C@H]1OC(=O)[C@@H]2[C@H](c3ccccc3)[C@H]12. The van der Waals surface area contributed by atoms with E-state index in [4.69, 9.17) is 9.47 Å². The van der Waals surface area contributed by atoms with E-state index in [1.165, 1.54) is 5.56 Å². The molecule has 5 heteroatoms. The Morgan fingerprint density at radius 3 is 2.57 bits per heavy atom. The van der Waals surface area contributed by atoms with Gasteiger partial charge in [-0.15, -0.1) is 0 Å². The molecule has 1 saturated carbocycles. The minimum Gasteiger partial charge on any atom is -0.460 e. The number of fused-ring (bicyclic) bond motifs is 1. The van der Waals surface area contributed by atoms with Gasteiger partial charge in [-0.2, -0.15) is 0 Å². The van der Waals surface area contributed by atoms with Gasteiger partial charge in [0.25, 0.3) is 0 Å². The third kappa shape index (κ3) is 2.48. The second kappa shape index (κ2) is 4.73. The van der Waals surface area contributed by atoms with Crippen LogP contribution in [0.25, 0.3) is 0 Å². The van der Waals surface area contributed by atoms with Gasteiger partial charge in [-0.25, -0.2) is 4.79 Å². The second-order valence-electron chi connectivity index (χ2n) is 7.64. The van der Waals surface area contributed by atoms with Crippen LogP contribution in [0.1, 0.15) is 32.3 Å². The molecule has 0 spiro atoms. The van der Waals surface area contributed by atoms with Crippen molar-refractivity contribution in [1.82, 2.24) is 4.90 Å². The number of carbonyl (C=O) groups is 2. The topological polar surface area (TPSA) is 55.6 Å². The predicted octanol–water partition coefficient (Wildman–Crippen LogP) is 2.56. The van der Waals surface area contributed by atoms with Crippen LogP contribution < -0.4 is 0 Å². The third-order valence-electron chi connectivity index (χ3n) is 4.82. The third-order valence-corrected chi connectivity index (χ3v) is 4.82. The maximum Gasteiger partial charge on any atom is 0.410 e. The Morgan fingerprint density at radius 1 is 1.22 bits per heavy atom. The molecular weight excluding hydrogens is 294 g/mol. The van der Waals surface area contributed by atoms with Gasteiger partial charge in [-0.1, -0.05) is 30.3 Å². The van der Waals surface area contributed by atoms with Crippen LogP contribution in [0.4, 0.5) is 4.79 Å². The summed E-state index contributed by atoms with van der Waals surface area (Å²) in [6, 6.07) is 10.1. The van der Waals surface area contributed by atoms with Crippen molar-refractivity contribution in [1.29, 1.82) is 0 Å². The van der Waals surface area contributed by atoms with Crippen LogP contribution in [0.15, 0.2) is 30.3 Å². The molecule has 1 aliphatic carbocycles. The zero-order chi connectivity index (χ0) is 16.4. The van der Waals surface area contributed by atoms with Crippen LogP contribution in [-0.2, 0) is 14.3 Å². The fourth-order valence-electron chi connectivity index (χ4n) is 3.74. The molecule has 1 aromatic rings. The van der Waals surface area contributed by atoms with Crippen molar-refractivity contribution in [3.63, 3.8) is 0 Å². The summed E-state index contributed by atoms with van der Waals surface area (Å²) in [5.74, 6) is 0.277. The second-order valence-corrected chi connectivity index (χ2v) is 7.64. The first-order valence-electron chi connectivity index (χ1n) is 8.12. The van der Waals surface area contributed by atoms with E-state index in [-0.39, 0.29) is 42.0 Å². The van der Waals surface area contributed by atoms with E-state index in [9.17, 15) is 9.59 Å². The highest BCUT2D eigenvalue weighted by atomic mass is 16.6. The van der Waals surface area contributed by atoms with Crippen molar-refractivity contribution in [3.05, 3.63) is 35.9 Å². The van der Waals surface area contributed by atoms with Crippen molar-refractivity contribution in [3.8, 4) is 0 Å². The number of hydrogen-bond acceptors (Lipinski definition) is 4. The van der Waals surface area contributed by atoms with Crippen LogP contribution >= 0.6 is 0 Å². The van der Waals surface area contributed by atoms with Gasteiger partial charge < -0.3 is 9.47 Å². The molecule has 2 aliphatic heterocycles. The van der Waals surface area contributed by atoms with Crippen LogP contribution in [-0.4, -0.2) is 41.3 Å². The van der Waals surface area contributed by atoms with Gasteiger partial charge in [0, 0.05) is 18.4 Å². The van der Waals surface area contributed by atoms with Gasteiger partial charge >= 0.3 is 12.1 Å². The first-order chi connectivity index (χ1) is 10.9. The van der Waals surface area contributed by atoms with Crippen molar-refractivity contribution < 1.29 is 19.1 Å². The first kappa shape index (κ1) is 14.5. The maximum atomic E-state index is 12.1. The highest BCUT2D eigenvalue weighted by Gasteiger charge is 2.70. The summed E-state index contributed by atoms with van der Waals surface area (Å²) >= 11 is 0. The average molecular weight is 315 g/mol. The zero-order valence-electron chi connectivity index (χ0n) is 13.6. The van der Waals surface area contributed by atoms with Gasteiger partial charge in [-0.05, 0) is 26.3 Å². The number of nitrogens with zero attached hydrogens (tertiary/aromatic N) is 1. The van der Waals surface area contributed by atoms with Crippen LogP contribution in [0.3, 0.4) is 0 Å².